The second-order valence-corrected chi connectivity index (χ2v) is 4.92. The fourth-order valence-corrected chi connectivity index (χ4v) is 3.07. The summed E-state index contributed by atoms with van der Waals surface area (Å²) < 4.78 is 7.71. The molecule has 2 unspecified atom stereocenters. The zero-order valence-electron chi connectivity index (χ0n) is 10.7. The van der Waals surface area contributed by atoms with Crippen molar-refractivity contribution in [3.63, 3.8) is 0 Å². The minimum absolute atomic E-state index is 0.0190. The zero-order valence-corrected chi connectivity index (χ0v) is 10.7. The van der Waals surface area contributed by atoms with Crippen LogP contribution < -0.4 is 0 Å². The molecule has 3 nitrogen and oxygen atoms in total. The molecule has 1 aromatic carbocycles. The third-order valence-corrected chi connectivity index (χ3v) is 4.08. The van der Waals surface area contributed by atoms with E-state index in [1.807, 2.05) is 0 Å². The molecule has 0 N–H and O–H groups in total. The molecule has 3 heteroatoms. The molecule has 1 aromatic heterocycles. The van der Waals surface area contributed by atoms with Crippen molar-refractivity contribution in [2.45, 2.75) is 18.9 Å². The van der Waals surface area contributed by atoms with Crippen molar-refractivity contribution in [2.24, 2.45) is 13.0 Å². The molecule has 0 bridgehead atoms. The van der Waals surface area contributed by atoms with Crippen LogP contribution in [0.1, 0.15) is 11.3 Å². The second-order valence-electron chi connectivity index (χ2n) is 4.92. The predicted octanol–water partition coefficient (Wildman–Crippen LogP) is 2.43. The van der Waals surface area contributed by atoms with E-state index in [2.05, 4.69) is 41.9 Å². The van der Waals surface area contributed by atoms with Crippen LogP contribution in [0.2, 0.25) is 0 Å². The van der Waals surface area contributed by atoms with Crippen molar-refractivity contribution in [2.75, 3.05) is 7.11 Å². The first-order valence-corrected chi connectivity index (χ1v) is 6.23. The maximum atomic E-state index is 9.26. The summed E-state index contributed by atoms with van der Waals surface area (Å²) in [6, 6.07) is 10.8. The normalized spacial score (nSPS) is 22.7. The number of ether oxygens (including phenoxy) is 1. The number of para-hydroxylation sites is 1. The Morgan fingerprint density at radius 2 is 2.11 bits per heavy atom. The average Bonchev–Trinajstić information content (AvgIpc) is 2.71. The minimum atomic E-state index is -0.0340. The largest absolute Gasteiger partial charge is 0.380 e. The highest BCUT2D eigenvalue weighted by molar-refractivity contribution is 5.85. The molecule has 2 aromatic rings. The van der Waals surface area contributed by atoms with E-state index in [0.717, 1.165) is 12.8 Å². The van der Waals surface area contributed by atoms with Crippen molar-refractivity contribution < 1.29 is 4.74 Å². The standard InChI is InChI=1S/C15H16N2O/c1-17-13-6-4-3-5-11(13)12-7-10(9-16)15(18-2)8-14(12)17/h3-6,10,15H,7-8H2,1-2H3. The Balaban J connectivity index is 2.20. The van der Waals surface area contributed by atoms with E-state index in [9.17, 15) is 5.26 Å². The molecule has 0 radical (unpaired) electrons. The number of methoxy groups -OCH3 is 1. The lowest BCUT2D eigenvalue weighted by Crippen LogP contribution is -2.31. The van der Waals surface area contributed by atoms with E-state index in [-0.39, 0.29) is 12.0 Å². The molecule has 1 aliphatic carbocycles. The number of benzene rings is 1. The van der Waals surface area contributed by atoms with Gasteiger partial charge in [0.1, 0.15) is 0 Å². The number of hydrogen-bond donors (Lipinski definition) is 0. The summed E-state index contributed by atoms with van der Waals surface area (Å²) in [6.07, 6.45) is 1.64. The van der Waals surface area contributed by atoms with Gasteiger partial charge in [0.15, 0.2) is 0 Å². The van der Waals surface area contributed by atoms with Crippen LogP contribution in [0.5, 0.6) is 0 Å². The Kier molecular flexibility index (Phi) is 2.61. The SMILES string of the molecule is COC1Cc2c(c3ccccc3n2C)CC1C#N. The van der Waals surface area contributed by atoms with Crippen molar-refractivity contribution >= 4 is 10.9 Å². The van der Waals surface area contributed by atoms with Crippen LogP contribution in [0.4, 0.5) is 0 Å². The topological polar surface area (TPSA) is 38.0 Å². The minimum Gasteiger partial charge on any atom is -0.380 e. The maximum Gasteiger partial charge on any atom is 0.0787 e. The molecular formula is C15H16N2O. The third kappa shape index (κ3) is 1.46. The van der Waals surface area contributed by atoms with Gasteiger partial charge in [-0.3, -0.25) is 0 Å². The summed E-state index contributed by atoms with van der Waals surface area (Å²) in [7, 11) is 3.79. The highest BCUT2D eigenvalue weighted by Crippen LogP contribution is 2.34. The molecular weight excluding hydrogens is 224 g/mol. The van der Waals surface area contributed by atoms with Gasteiger partial charge in [0.05, 0.1) is 18.1 Å². The zero-order chi connectivity index (χ0) is 12.7. The Labute approximate surface area is 107 Å². The molecule has 92 valence electrons. The molecule has 0 saturated carbocycles. The van der Waals surface area contributed by atoms with Gasteiger partial charge in [-0.25, -0.2) is 0 Å². The Hall–Kier alpha value is -1.79. The second kappa shape index (κ2) is 4.15. The number of aryl methyl sites for hydroxylation is 1. The average molecular weight is 240 g/mol. The van der Waals surface area contributed by atoms with Crippen LogP contribution in [0, 0.1) is 17.2 Å². The monoisotopic (exact) mass is 240 g/mol. The molecule has 0 fully saturated rings. The van der Waals surface area contributed by atoms with E-state index in [4.69, 9.17) is 4.74 Å². The maximum absolute atomic E-state index is 9.26. The fraction of sp³-hybridized carbons (Fsp3) is 0.400. The van der Waals surface area contributed by atoms with Gasteiger partial charge in [0.25, 0.3) is 0 Å². The van der Waals surface area contributed by atoms with Crippen molar-refractivity contribution in [1.29, 1.82) is 5.26 Å². The van der Waals surface area contributed by atoms with E-state index in [1.54, 1.807) is 7.11 Å². The molecule has 2 atom stereocenters. The molecule has 1 aliphatic rings. The predicted molar refractivity (Wildman–Crippen MR) is 70.2 cm³/mol. The molecule has 18 heavy (non-hydrogen) atoms. The van der Waals surface area contributed by atoms with Crippen LogP contribution in [0.25, 0.3) is 10.9 Å². The van der Waals surface area contributed by atoms with Crippen LogP contribution in [0.15, 0.2) is 24.3 Å². The van der Waals surface area contributed by atoms with Crippen molar-refractivity contribution in [3.8, 4) is 6.07 Å². The number of fused-ring (bicyclic) bond motifs is 3. The van der Waals surface area contributed by atoms with Gasteiger partial charge < -0.3 is 9.30 Å². The number of nitrogens with zero attached hydrogens (tertiary/aromatic N) is 2. The molecule has 0 aliphatic heterocycles. The molecule has 3 rings (SSSR count). The van der Waals surface area contributed by atoms with Gasteiger partial charge in [0, 0.05) is 37.2 Å². The van der Waals surface area contributed by atoms with Crippen molar-refractivity contribution in [1.82, 2.24) is 4.57 Å². The quantitative estimate of drug-likeness (QED) is 0.767. The lowest BCUT2D eigenvalue weighted by molar-refractivity contribution is 0.0645. The first-order chi connectivity index (χ1) is 8.76. The molecule has 0 saturated heterocycles. The van der Waals surface area contributed by atoms with Crippen LogP contribution >= 0.6 is 0 Å². The number of rotatable bonds is 1. The Bertz CT molecular complexity index is 636. The van der Waals surface area contributed by atoms with Crippen LogP contribution in [-0.4, -0.2) is 17.8 Å². The first kappa shape index (κ1) is 11.3. The van der Waals surface area contributed by atoms with Crippen molar-refractivity contribution in [3.05, 3.63) is 35.5 Å². The highest BCUT2D eigenvalue weighted by Gasteiger charge is 2.31. The number of hydrogen-bond acceptors (Lipinski definition) is 2. The molecule has 0 amide bonds. The van der Waals surface area contributed by atoms with Crippen LogP contribution in [-0.2, 0) is 24.6 Å². The highest BCUT2D eigenvalue weighted by atomic mass is 16.5. The smallest absolute Gasteiger partial charge is 0.0787 e. The van der Waals surface area contributed by atoms with Gasteiger partial charge in [0.2, 0.25) is 0 Å². The summed E-state index contributed by atoms with van der Waals surface area (Å²) in [5.41, 5.74) is 3.89. The van der Waals surface area contributed by atoms with Gasteiger partial charge >= 0.3 is 0 Å². The van der Waals surface area contributed by atoms with Crippen LogP contribution in [0.3, 0.4) is 0 Å². The lowest BCUT2D eigenvalue weighted by atomic mass is 9.85. The summed E-state index contributed by atoms with van der Waals surface area (Å²) in [5, 5.41) is 10.5. The fourth-order valence-electron chi connectivity index (χ4n) is 3.07. The summed E-state index contributed by atoms with van der Waals surface area (Å²) >= 11 is 0. The van der Waals surface area contributed by atoms with Gasteiger partial charge in [-0.05, 0) is 18.1 Å². The van der Waals surface area contributed by atoms with E-state index in [1.165, 1.54) is 22.2 Å². The number of aromatic nitrogens is 1. The van der Waals surface area contributed by atoms with Gasteiger partial charge in [-0.2, -0.15) is 5.26 Å². The summed E-state index contributed by atoms with van der Waals surface area (Å²) in [4.78, 5) is 0. The Morgan fingerprint density at radius 1 is 1.33 bits per heavy atom. The van der Waals surface area contributed by atoms with E-state index in [0.29, 0.717) is 0 Å². The number of nitriles is 1. The molecule has 1 heterocycles. The summed E-state index contributed by atoms with van der Waals surface area (Å²) in [5.74, 6) is -0.0340. The molecule has 0 spiro atoms. The van der Waals surface area contributed by atoms with E-state index >= 15 is 0 Å². The lowest BCUT2D eigenvalue weighted by Gasteiger charge is -2.26. The summed E-state index contributed by atoms with van der Waals surface area (Å²) in [6.45, 7) is 0. The third-order valence-electron chi connectivity index (χ3n) is 4.08. The first-order valence-electron chi connectivity index (χ1n) is 6.23. The van der Waals surface area contributed by atoms with Gasteiger partial charge in [-0.1, -0.05) is 18.2 Å². The van der Waals surface area contributed by atoms with Gasteiger partial charge in [-0.15, -0.1) is 0 Å². The Morgan fingerprint density at radius 3 is 2.83 bits per heavy atom. The van der Waals surface area contributed by atoms with E-state index < -0.39 is 0 Å².